The number of carbonyl (C=O) groups is 1. The number of amides is 1. The van der Waals surface area contributed by atoms with Gasteiger partial charge in [0.25, 0.3) is 15.9 Å². The highest BCUT2D eigenvalue weighted by atomic mass is 32.2. The number of sulfonamides is 1. The van der Waals surface area contributed by atoms with Gasteiger partial charge >= 0.3 is 0 Å². The Labute approximate surface area is 208 Å². The highest BCUT2D eigenvalue weighted by Crippen LogP contribution is 2.28. The molecule has 192 valence electrons. The number of benzene rings is 1. The average Bonchev–Trinajstić information content (AvgIpc) is 2.82. The Balaban J connectivity index is 1.94. The summed E-state index contributed by atoms with van der Waals surface area (Å²) in [5.41, 5.74) is 6.06. The summed E-state index contributed by atoms with van der Waals surface area (Å²) in [6.07, 6.45) is 0. The Morgan fingerprint density at radius 1 is 1.08 bits per heavy atom. The first-order chi connectivity index (χ1) is 17.1. The van der Waals surface area contributed by atoms with Crippen molar-refractivity contribution >= 4 is 21.7 Å². The van der Waals surface area contributed by atoms with Crippen LogP contribution in [0, 0.1) is 11.7 Å². The fourth-order valence-corrected chi connectivity index (χ4v) is 3.91. The van der Waals surface area contributed by atoms with E-state index in [0.29, 0.717) is 17.9 Å². The van der Waals surface area contributed by atoms with Crippen LogP contribution in [-0.2, 0) is 14.8 Å². The normalized spacial score (nSPS) is 11.4. The Bertz CT molecular complexity index is 1330. The van der Waals surface area contributed by atoms with E-state index < -0.39 is 26.8 Å². The molecule has 3 rings (SSSR count). The highest BCUT2D eigenvalue weighted by Gasteiger charge is 2.24. The van der Waals surface area contributed by atoms with Crippen LogP contribution in [0.5, 0.6) is 11.6 Å². The molecular weight excluding hydrogens is 491 g/mol. The number of nitrogens with zero attached hydrogens (tertiary/aromatic N) is 2. The van der Waals surface area contributed by atoms with Crippen LogP contribution in [0.2, 0.25) is 0 Å². The second-order valence-corrected chi connectivity index (χ2v) is 9.74. The fraction of sp³-hybridized carbons (Fsp3) is 0.292. The molecule has 1 amide bonds. The molecule has 0 fully saturated rings. The molecule has 0 unspecified atom stereocenters. The van der Waals surface area contributed by atoms with Crippen LogP contribution in [0.15, 0.2) is 53.6 Å². The molecule has 0 saturated heterocycles. The molecule has 0 aliphatic rings. The SMILES string of the molecule is COCCOc1nc(-c2cc(F)cc(OCC(C)C)c2)ccc1C(=O)NS(=O)(=O)c1cccc(N)n1. The van der Waals surface area contributed by atoms with Crippen molar-refractivity contribution in [2.45, 2.75) is 18.9 Å². The molecule has 3 N–H and O–H groups in total. The summed E-state index contributed by atoms with van der Waals surface area (Å²) in [5, 5.41) is -0.420. The number of halogens is 1. The summed E-state index contributed by atoms with van der Waals surface area (Å²) in [6, 6.07) is 10.9. The number of aromatic nitrogens is 2. The molecule has 0 aliphatic carbocycles. The zero-order valence-electron chi connectivity index (χ0n) is 20.0. The molecule has 1 aromatic carbocycles. The smallest absolute Gasteiger partial charge is 0.281 e. The zero-order valence-corrected chi connectivity index (χ0v) is 20.8. The van der Waals surface area contributed by atoms with Crippen LogP contribution < -0.4 is 19.9 Å². The molecule has 0 aliphatic heterocycles. The number of nitrogens with two attached hydrogens (primary N) is 1. The van der Waals surface area contributed by atoms with E-state index in [0.717, 1.165) is 0 Å². The van der Waals surface area contributed by atoms with Gasteiger partial charge in [-0.05, 0) is 42.3 Å². The minimum Gasteiger partial charge on any atom is -0.493 e. The van der Waals surface area contributed by atoms with Gasteiger partial charge in [0.05, 0.1) is 18.9 Å². The molecule has 0 bridgehead atoms. The Hall–Kier alpha value is -3.77. The van der Waals surface area contributed by atoms with Gasteiger partial charge < -0.3 is 19.9 Å². The fourth-order valence-electron chi connectivity index (χ4n) is 2.97. The van der Waals surface area contributed by atoms with Gasteiger partial charge in [-0.15, -0.1) is 0 Å². The third kappa shape index (κ3) is 7.12. The monoisotopic (exact) mass is 518 g/mol. The van der Waals surface area contributed by atoms with E-state index in [1.54, 1.807) is 6.07 Å². The summed E-state index contributed by atoms with van der Waals surface area (Å²) in [4.78, 5) is 21.0. The molecule has 10 nitrogen and oxygen atoms in total. The maximum Gasteiger partial charge on any atom is 0.281 e. The van der Waals surface area contributed by atoms with Crippen LogP contribution in [0.1, 0.15) is 24.2 Å². The van der Waals surface area contributed by atoms with Crippen molar-refractivity contribution in [1.29, 1.82) is 0 Å². The standard InChI is InChI=1S/C24H27FN4O6S/c1-15(2)14-35-18-12-16(11-17(25)13-18)20-8-7-19(24(27-20)34-10-9-33-3)23(30)29-36(31,32)22-6-4-5-21(26)28-22/h4-8,11-13,15H,9-10,14H2,1-3H3,(H2,26,28)(H,29,30). The van der Waals surface area contributed by atoms with Crippen molar-refractivity contribution in [2.75, 3.05) is 32.7 Å². The summed E-state index contributed by atoms with van der Waals surface area (Å²) >= 11 is 0. The van der Waals surface area contributed by atoms with Crippen molar-refractivity contribution in [3.05, 3.63) is 59.9 Å². The van der Waals surface area contributed by atoms with Gasteiger partial charge in [-0.1, -0.05) is 19.9 Å². The van der Waals surface area contributed by atoms with E-state index in [1.165, 1.54) is 49.6 Å². The first-order valence-corrected chi connectivity index (χ1v) is 12.4. The number of pyridine rings is 2. The lowest BCUT2D eigenvalue weighted by Crippen LogP contribution is -2.32. The highest BCUT2D eigenvalue weighted by molar-refractivity contribution is 7.90. The Morgan fingerprint density at radius 2 is 1.86 bits per heavy atom. The maximum absolute atomic E-state index is 14.3. The Morgan fingerprint density at radius 3 is 2.56 bits per heavy atom. The number of hydrogen-bond acceptors (Lipinski definition) is 9. The van der Waals surface area contributed by atoms with Gasteiger partial charge in [0.15, 0.2) is 5.03 Å². The number of rotatable bonds is 11. The van der Waals surface area contributed by atoms with E-state index in [1.807, 2.05) is 18.6 Å². The number of nitrogen functional groups attached to an aromatic ring is 1. The molecule has 3 aromatic rings. The molecule has 2 aromatic heterocycles. The van der Waals surface area contributed by atoms with Crippen LogP contribution in [0.25, 0.3) is 11.3 Å². The van der Waals surface area contributed by atoms with E-state index in [4.69, 9.17) is 19.9 Å². The predicted molar refractivity (Wildman–Crippen MR) is 131 cm³/mol. The van der Waals surface area contributed by atoms with E-state index >= 15 is 0 Å². The number of anilines is 1. The van der Waals surface area contributed by atoms with Crippen molar-refractivity contribution in [3.8, 4) is 22.9 Å². The zero-order chi connectivity index (χ0) is 26.3. The second kappa shape index (κ2) is 11.8. The molecule has 0 atom stereocenters. The van der Waals surface area contributed by atoms with Gasteiger partial charge in [0.2, 0.25) is 5.88 Å². The van der Waals surface area contributed by atoms with E-state index in [-0.39, 0.29) is 42.1 Å². The minimum absolute atomic E-state index is 0.0215. The van der Waals surface area contributed by atoms with Crippen LogP contribution in [0.3, 0.4) is 0 Å². The first-order valence-electron chi connectivity index (χ1n) is 11.0. The number of nitrogens with one attached hydrogen (secondary N) is 1. The lowest BCUT2D eigenvalue weighted by atomic mass is 10.1. The molecule has 0 saturated carbocycles. The Kier molecular flexibility index (Phi) is 8.78. The maximum atomic E-state index is 14.3. The molecule has 36 heavy (non-hydrogen) atoms. The molecule has 2 heterocycles. The topological polar surface area (TPSA) is 143 Å². The summed E-state index contributed by atoms with van der Waals surface area (Å²) < 4.78 is 57.6. The lowest BCUT2D eigenvalue weighted by Gasteiger charge is -2.14. The van der Waals surface area contributed by atoms with Crippen molar-refractivity contribution in [1.82, 2.24) is 14.7 Å². The molecule has 0 spiro atoms. The average molecular weight is 519 g/mol. The summed E-state index contributed by atoms with van der Waals surface area (Å²) in [7, 11) is -2.85. The van der Waals surface area contributed by atoms with Crippen LogP contribution in [0.4, 0.5) is 10.2 Å². The number of ether oxygens (including phenoxy) is 3. The third-order valence-corrected chi connectivity index (χ3v) is 5.86. The summed E-state index contributed by atoms with van der Waals surface area (Å²) in [5.74, 6) is -1.14. The molecule has 12 heteroatoms. The molecular formula is C24H27FN4O6S. The van der Waals surface area contributed by atoms with Crippen LogP contribution >= 0.6 is 0 Å². The van der Waals surface area contributed by atoms with Crippen molar-refractivity contribution in [2.24, 2.45) is 5.92 Å². The minimum atomic E-state index is -4.32. The van der Waals surface area contributed by atoms with Crippen molar-refractivity contribution < 1.29 is 31.8 Å². The van der Waals surface area contributed by atoms with E-state index in [9.17, 15) is 17.6 Å². The van der Waals surface area contributed by atoms with Crippen LogP contribution in [-0.4, -0.2) is 51.2 Å². The van der Waals surface area contributed by atoms with Gasteiger partial charge in [0, 0.05) is 18.7 Å². The van der Waals surface area contributed by atoms with E-state index in [2.05, 4.69) is 9.97 Å². The van der Waals surface area contributed by atoms with Gasteiger partial charge in [0.1, 0.15) is 29.6 Å². The van der Waals surface area contributed by atoms with Crippen molar-refractivity contribution in [3.63, 3.8) is 0 Å². The van der Waals surface area contributed by atoms with Gasteiger partial charge in [-0.2, -0.15) is 8.42 Å². The molecule has 0 radical (unpaired) electrons. The van der Waals surface area contributed by atoms with Gasteiger partial charge in [-0.3, -0.25) is 4.79 Å². The predicted octanol–water partition coefficient (Wildman–Crippen LogP) is 3.04. The largest absolute Gasteiger partial charge is 0.493 e. The second-order valence-electron chi connectivity index (χ2n) is 8.11. The lowest BCUT2D eigenvalue weighted by molar-refractivity contribution is 0.0971. The third-order valence-electron chi connectivity index (χ3n) is 4.63. The summed E-state index contributed by atoms with van der Waals surface area (Å²) in [6.45, 7) is 4.56. The van der Waals surface area contributed by atoms with Gasteiger partial charge in [-0.25, -0.2) is 19.1 Å². The quantitative estimate of drug-likeness (QED) is 0.366. The first kappa shape index (κ1) is 26.8. The number of hydrogen-bond donors (Lipinski definition) is 2. The number of methoxy groups -OCH3 is 1. The number of carbonyl (C=O) groups excluding carboxylic acids is 1.